The third kappa shape index (κ3) is 5.03. The van der Waals surface area contributed by atoms with Crippen molar-refractivity contribution in [2.75, 3.05) is 5.32 Å². The Morgan fingerprint density at radius 2 is 1.81 bits per heavy atom. The minimum absolute atomic E-state index is 0.105. The number of hydrogen-bond donors (Lipinski definition) is 1. The van der Waals surface area contributed by atoms with Gasteiger partial charge in [-0.05, 0) is 56.3 Å². The highest BCUT2D eigenvalue weighted by molar-refractivity contribution is 9.10. The van der Waals surface area contributed by atoms with Crippen LogP contribution in [0, 0.1) is 6.92 Å². The summed E-state index contributed by atoms with van der Waals surface area (Å²) in [5.74, 6) is 0.598. The van der Waals surface area contributed by atoms with Gasteiger partial charge >= 0.3 is 0 Å². The number of nitrogens with one attached hydrogen (secondary N) is 1. The molecule has 1 amide bonds. The number of aromatic nitrogens is 4. The first-order chi connectivity index (χ1) is 15.0. The van der Waals surface area contributed by atoms with Crippen LogP contribution in [-0.4, -0.2) is 30.9 Å². The van der Waals surface area contributed by atoms with Gasteiger partial charge in [0.25, 0.3) is 0 Å². The summed E-state index contributed by atoms with van der Waals surface area (Å²) in [5, 5.41) is 12.0. The predicted molar refractivity (Wildman–Crippen MR) is 127 cm³/mol. The average Bonchev–Trinajstić information content (AvgIpc) is 3.18. The van der Waals surface area contributed by atoms with Gasteiger partial charge in [0.1, 0.15) is 0 Å². The van der Waals surface area contributed by atoms with Crippen molar-refractivity contribution in [3.8, 4) is 17.1 Å². The van der Waals surface area contributed by atoms with E-state index in [9.17, 15) is 4.79 Å². The summed E-state index contributed by atoms with van der Waals surface area (Å²) in [6, 6.07) is 19.5. The zero-order valence-electron chi connectivity index (χ0n) is 17.0. The van der Waals surface area contributed by atoms with Crippen LogP contribution in [0.2, 0.25) is 0 Å². The second kappa shape index (κ2) is 9.45. The van der Waals surface area contributed by atoms with Crippen LogP contribution in [0.3, 0.4) is 0 Å². The minimum Gasteiger partial charge on any atom is -0.325 e. The van der Waals surface area contributed by atoms with E-state index in [4.69, 9.17) is 0 Å². The van der Waals surface area contributed by atoms with E-state index in [-0.39, 0.29) is 11.2 Å². The maximum atomic E-state index is 12.8. The molecule has 0 fully saturated rings. The molecule has 0 aliphatic carbocycles. The lowest BCUT2D eigenvalue weighted by molar-refractivity contribution is -0.115. The number of benzene rings is 2. The molecular formula is C23H20BrN5OS. The Hall–Kier alpha value is -2.97. The van der Waals surface area contributed by atoms with E-state index >= 15 is 0 Å². The highest BCUT2D eigenvalue weighted by atomic mass is 79.9. The summed E-state index contributed by atoms with van der Waals surface area (Å²) in [5.41, 5.74) is 3.74. The van der Waals surface area contributed by atoms with Gasteiger partial charge in [0, 0.05) is 33.8 Å². The fraction of sp³-hybridized carbons (Fsp3) is 0.130. The zero-order valence-corrected chi connectivity index (χ0v) is 19.4. The van der Waals surface area contributed by atoms with Crippen LogP contribution >= 0.6 is 27.7 Å². The highest BCUT2D eigenvalue weighted by Crippen LogP contribution is 2.30. The van der Waals surface area contributed by atoms with Gasteiger partial charge in [0.2, 0.25) is 5.91 Å². The number of rotatable bonds is 6. The number of anilines is 1. The van der Waals surface area contributed by atoms with E-state index in [2.05, 4.69) is 36.4 Å². The van der Waals surface area contributed by atoms with Crippen LogP contribution in [0.1, 0.15) is 12.5 Å². The number of thioether (sulfide) groups is 1. The molecule has 0 radical (unpaired) electrons. The number of carbonyl (C=O) groups excluding carboxylic acids is 1. The van der Waals surface area contributed by atoms with Crippen LogP contribution in [0.25, 0.3) is 17.1 Å². The number of halogens is 1. The van der Waals surface area contributed by atoms with Crippen LogP contribution < -0.4 is 5.32 Å². The van der Waals surface area contributed by atoms with E-state index in [0.717, 1.165) is 21.4 Å². The Morgan fingerprint density at radius 3 is 2.52 bits per heavy atom. The molecule has 8 heteroatoms. The van der Waals surface area contributed by atoms with Crippen LogP contribution in [0.5, 0.6) is 0 Å². The molecule has 0 saturated heterocycles. The first-order valence-electron chi connectivity index (χ1n) is 9.67. The molecule has 4 aromatic rings. The lowest BCUT2D eigenvalue weighted by Gasteiger charge is -2.14. The molecule has 1 unspecified atom stereocenters. The average molecular weight is 494 g/mol. The van der Waals surface area contributed by atoms with Crippen molar-refractivity contribution in [2.24, 2.45) is 0 Å². The van der Waals surface area contributed by atoms with Crippen molar-refractivity contribution in [3.63, 3.8) is 0 Å². The molecular weight excluding hydrogens is 474 g/mol. The summed E-state index contributed by atoms with van der Waals surface area (Å²) in [6.07, 6.45) is 3.45. The zero-order chi connectivity index (χ0) is 21.8. The quantitative estimate of drug-likeness (QED) is 0.358. The van der Waals surface area contributed by atoms with Crippen molar-refractivity contribution in [2.45, 2.75) is 24.3 Å². The van der Waals surface area contributed by atoms with E-state index in [0.29, 0.717) is 11.0 Å². The summed E-state index contributed by atoms with van der Waals surface area (Å²) in [7, 11) is 0. The first-order valence-corrected chi connectivity index (χ1v) is 11.3. The van der Waals surface area contributed by atoms with Gasteiger partial charge in [-0.1, -0.05) is 51.5 Å². The van der Waals surface area contributed by atoms with Crippen molar-refractivity contribution < 1.29 is 4.79 Å². The van der Waals surface area contributed by atoms with Gasteiger partial charge in [0.15, 0.2) is 11.0 Å². The normalized spacial score (nSPS) is 11.8. The Balaban J connectivity index is 1.64. The molecule has 2 aromatic heterocycles. The fourth-order valence-electron chi connectivity index (χ4n) is 2.98. The molecule has 4 rings (SSSR count). The number of hydrogen-bond acceptors (Lipinski definition) is 5. The number of amides is 1. The van der Waals surface area contributed by atoms with E-state index < -0.39 is 0 Å². The molecule has 1 atom stereocenters. The minimum atomic E-state index is -0.377. The van der Waals surface area contributed by atoms with Crippen molar-refractivity contribution >= 4 is 39.3 Å². The Morgan fingerprint density at radius 1 is 1.06 bits per heavy atom. The summed E-state index contributed by atoms with van der Waals surface area (Å²) in [4.78, 5) is 16.9. The van der Waals surface area contributed by atoms with Gasteiger partial charge in [-0.2, -0.15) is 0 Å². The largest absolute Gasteiger partial charge is 0.325 e. The van der Waals surface area contributed by atoms with Gasteiger partial charge in [-0.25, -0.2) is 0 Å². The third-order valence-electron chi connectivity index (χ3n) is 4.61. The fourth-order valence-corrected chi connectivity index (χ4v) is 4.25. The number of nitrogens with zero attached hydrogens (tertiary/aromatic N) is 4. The maximum absolute atomic E-state index is 12.8. The third-order valence-corrected chi connectivity index (χ3v) is 6.14. The standard InChI is InChI=1S/C23H20BrN5OS/c1-15-6-8-20(9-7-15)29-21(17-10-12-25-13-11-17)27-28-23(29)31-16(2)22(30)26-19-5-3-4-18(24)14-19/h3-14,16H,1-2H3,(H,26,30). The number of pyridine rings is 1. The molecule has 2 heterocycles. The summed E-state index contributed by atoms with van der Waals surface area (Å²) in [6.45, 7) is 3.90. The monoisotopic (exact) mass is 493 g/mol. The van der Waals surface area contributed by atoms with Gasteiger partial charge in [0.05, 0.1) is 5.25 Å². The van der Waals surface area contributed by atoms with E-state index in [1.807, 2.05) is 79.1 Å². The van der Waals surface area contributed by atoms with Crippen molar-refractivity contribution in [3.05, 3.63) is 83.1 Å². The van der Waals surface area contributed by atoms with Crippen LogP contribution in [-0.2, 0) is 4.79 Å². The topological polar surface area (TPSA) is 72.7 Å². The Labute approximate surface area is 193 Å². The number of aryl methyl sites for hydroxylation is 1. The summed E-state index contributed by atoms with van der Waals surface area (Å²) >= 11 is 4.79. The van der Waals surface area contributed by atoms with Crippen molar-refractivity contribution in [1.29, 1.82) is 0 Å². The Bertz CT molecular complexity index is 1190. The van der Waals surface area contributed by atoms with Gasteiger partial charge < -0.3 is 5.32 Å². The van der Waals surface area contributed by atoms with E-state index in [1.165, 1.54) is 17.3 Å². The maximum Gasteiger partial charge on any atom is 0.237 e. The smallest absolute Gasteiger partial charge is 0.237 e. The van der Waals surface area contributed by atoms with Gasteiger partial charge in [-0.3, -0.25) is 14.3 Å². The second-order valence-corrected chi connectivity index (χ2v) is 9.20. The molecule has 31 heavy (non-hydrogen) atoms. The predicted octanol–water partition coefficient (Wildman–Crippen LogP) is 5.52. The molecule has 0 aliphatic rings. The van der Waals surface area contributed by atoms with Crippen LogP contribution in [0.4, 0.5) is 5.69 Å². The highest BCUT2D eigenvalue weighted by Gasteiger charge is 2.22. The molecule has 0 aliphatic heterocycles. The first kappa shape index (κ1) is 21.3. The van der Waals surface area contributed by atoms with Gasteiger partial charge in [-0.15, -0.1) is 10.2 Å². The molecule has 0 bridgehead atoms. The number of carbonyl (C=O) groups is 1. The summed E-state index contributed by atoms with van der Waals surface area (Å²) < 4.78 is 2.88. The lowest BCUT2D eigenvalue weighted by Crippen LogP contribution is -2.22. The van der Waals surface area contributed by atoms with E-state index in [1.54, 1.807) is 12.4 Å². The molecule has 6 nitrogen and oxygen atoms in total. The van der Waals surface area contributed by atoms with Crippen LogP contribution in [0.15, 0.2) is 82.7 Å². The second-order valence-electron chi connectivity index (χ2n) is 6.97. The molecule has 0 spiro atoms. The SMILES string of the molecule is Cc1ccc(-n2c(SC(C)C(=O)Nc3cccc(Br)c3)nnc2-c2ccncc2)cc1. The Kier molecular flexibility index (Phi) is 6.48. The molecule has 0 saturated carbocycles. The lowest BCUT2D eigenvalue weighted by atomic mass is 10.2. The molecule has 2 aromatic carbocycles. The molecule has 156 valence electrons. The van der Waals surface area contributed by atoms with Crippen molar-refractivity contribution in [1.82, 2.24) is 19.7 Å². The molecule has 1 N–H and O–H groups in total.